The molecule has 0 aromatic carbocycles. The minimum atomic E-state index is 0.115. The van der Waals surface area contributed by atoms with Gasteiger partial charge in [0.2, 0.25) is 0 Å². The Morgan fingerprint density at radius 2 is 1.76 bits per heavy atom. The summed E-state index contributed by atoms with van der Waals surface area (Å²) in [6.45, 7) is 11.1. The van der Waals surface area contributed by atoms with Gasteiger partial charge in [-0.2, -0.15) is 0 Å². The molecule has 0 unspecified atom stereocenters. The Hall–Kier alpha value is -0.0800. The molecule has 0 aromatic heterocycles. The molecule has 1 rings (SSSR count). The lowest BCUT2D eigenvalue weighted by molar-refractivity contribution is -0.0874. The molecule has 2 heteroatoms. The maximum Gasteiger partial charge on any atom is 0.0806 e. The normalized spacial score (nSPS) is 30.2. The first kappa shape index (κ1) is 15.0. The van der Waals surface area contributed by atoms with Crippen LogP contribution in [0.4, 0.5) is 0 Å². The maximum atomic E-state index is 6.24. The molecular formula is C15H31NO. The Balaban J connectivity index is 2.50. The van der Waals surface area contributed by atoms with Crippen LogP contribution in [0.25, 0.3) is 0 Å². The highest BCUT2D eigenvalue weighted by atomic mass is 16.5. The van der Waals surface area contributed by atoms with E-state index >= 15 is 0 Å². The molecule has 0 radical (unpaired) electrons. The molecule has 2 nitrogen and oxygen atoms in total. The summed E-state index contributed by atoms with van der Waals surface area (Å²) in [6.07, 6.45) is 5.11. The van der Waals surface area contributed by atoms with Crippen LogP contribution < -0.4 is 5.32 Å². The van der Waals surface area contributed by atoms with Crippen molar-refractivity contribution in [3.8, 4) is 0 Å². The van der Waals surface area contributed by atoms with Gasteiger partial charge >= 0.3 is 0 Å². The summed E-state index contributed by atoms with van der Waals surface area (Å²) < 4.78 is 6.24. The Morgan fingerprint density at radius 1 is 1.18 bits per heavy atom. The lowest BCUT2D eigenvalue weighted by Crippen LogP contribution is -2.46. The summed E-state index contributed by atoms with van der Waals surface area (Å²) >= 11 is 0. The average Bonchev–Trinajstić information content (AvgIpc) is 2.28. The quantitative estimate of drug-likeness (QED) is 0.769. The number of hydrogen-bond acceptors (Lipinski definition) is 2. The molecular weight excluding hydrogens is 210 g/mol. The highest BCUT2D eigenvalue weighted by Gasteiger charge is 2.36. The van der Waals surface area contributed by atoms with Crippen molar-refractivity contribution in [3.63, 3.8) is 0 Å². The Kier molecular flexibility index (Phi) is 5.94. The molecule has 0 heterocycles. The first-order valence-corrected chi connectivity index (χ1v) is 7.27. The summed E-state index contributed by atoms with van der Waals surface area (Å²) in [6, 6.07) is 0. The van der Waals surface area contributed by atoms with Crippen LogP contribution >= 0.6 is 0 Å². The van der Waals surface area contributed by atoms with Crippen LogP contribution in [0.1, 0.15) is 53.4 Å². The smallest absolute Gasteiger partial charge is 0.0806 e. The Labute approximate surface area is 108 Å². The largest absolute Gasteiger partial charge is 0.373 e. The monoisotopic (exact) mass is 241 g/mol. The van der Waals surface area contributed by atoms with Crippen molar-refractivity contribution in [2.24, 2.45) is 17.8 Å². The van der Waals surface area contributed by atoms with Crippen molar-refractivity contribution in [1.29, 1.82) is 0 Å². The average molecular weight is 241 g/mol. The van der Waals surface area contributed by atoms with E-state index in [4.69, 9.17) is 4.74 Å². The topological polar surface area (TPSA) is 21.3 Å². The minimum absolute atomic E-state index is 0.115. The van der Waals surface area contributed by atoms with Crippen molar-refractivity contribution < 1.29 is 4.74 Å². The predicted octanol–water partition coefficient (Wildman–Crippen LogP) is 3.46. The SMILES string of the molecule is CNCC1(OCC(C)C)CCC(C(C)C)CC1. The fraction of sp³-hybridized carbons (Fsp3) is 1.00. The van der Waals surface area contributed by atoms with E-state index in [1.165, 1.54) is 25.7 Å². The molecule has 1 fully saturated rings. The van der Waals surface area contributed by atoms with Crippen molar-refractivity contribution in [2.45, 2.75) is 59.0 Å². The lowest BCUT2D eigenvalue weighted by atomic mass is 9.74. The van der Waals surface area contributed by atoms with E-state index in [-0.39, 0.29) is 5.60 Å². The fourth-order valence-electron chi connectivity index (χ4n) is 2.87. The second kappa shape index (κ2) is 6.75. The number of rotatable bonds is 6. The molecule has 0 bridgehead atoms. The summed E-state index contributed by atoms with van der Waals surface area (Å²) in [5, 5.41) is 3.32. The number of ether oxygens (including phenoxy) is 1. The first-order chi connectivity index (χ1) is 7.99. The van der Waals surface area contributed by atoms with Gasteiger partial charge in [0.25, 0.3) is 0 Å². The summed E-state index contributed by atoms with van der Waals surface area (Å²) in [5.74, 6) is 2.36. The van der Waals surface area contributed by atoms with E-state index in [0.717, 1.165) is 25.0 Å². The first-order valence-electron chi connectivity index (χ1n) is 7.27. The molecule has 1 N–H and O–H groups in total. The summed E-state index contributed by atoms with van der Waals surface area (Å²) in [5.41, 5.74) is 0.115. The number of likely N-dealkylation sites (N-methyl/N-ethyl adjacent to an activating group) is 1. The van der Waals surface area contributed by atoms with Crippen LogP contribution in [0.2, 0.25) is 0 Å². The van der Waals surface area contributed by atoms with Gasteiger partial charge in [-0.05, 0) is 50.5 Å². The van der Waals surface area contributed by atoms with Crippen molar-refractivity contribution in [3.05, 3.63) is 0 Å². The van der Waals surface area contributed by atoms with Gasteiger partial charge in [0.15, 0.2) is 0 Å². The third-order valence-electron chi connectivity index (χ3n) is 4.11. The van der Waals surface area contributed by atoms with Gasteiger partial charge in [0.1, 0.15) is 0 Å². The van der Waals surface area contributed by atoms with Crippen LogP contribution in [0.3, 0.4) is 0 Å². The molecule has 0 aromatic rings. The van der Waals surface area contributed by atoms with Crippen LogP contribution in [0, 0.1) is 17.8 Å². The van der Waals surface area contributed by atoms with Crippen LogP contribution in [0.5, 0.6) is 0 Å². The standard InChI is InChI=1S/C15H31NO/c1-12(2)10-17-15(11-16-5)8-6-14(7-9-15)13(3)4/h12-14,16H,6-11H2,1-5H3. The molecule has 0 spiro atoms. The fourth-order valence-corrected chi connectivity index (χ4v) is 2.87. The van der Waals surface area contributed by atoms with Crippen molar-refractivity contribution in [1.82, 2.24) is 5.32 Å². The van der Waals surface area contributed by atoms with E-state index in [9.17, 15) is 0 Å². The van der Waals surface area contributed by atoms with E-state index in [1.807, 2.05) is 7.05 Å². The highest BCUT2D eigenvalue weighted by molar-refractivity contribution is 4.89. The maximum absolute atomic E-state index is 6.24. The molecule has 0 saturated heterocycles. The van der Waals surface area contributed by atoms with Gasteiger partial charge in [0, 0.05) is 13.2 Å². The molecule has 0 aliphatic heterocycles. The van der Waals surface area contributed by atoms with Gasteiger partial charge in [-0.15, -0.1) is 0 Å². The van der Waals surface area contributed by atoms with E-state index in [0.29, 0.717) is 5.92 Å². The zero-order valence-electron chi connectivity index (χ0n) is 12.4. The van der Waals surface area contributed by atoms with E-state index in [2.05, 4.69) is 33.0 Å². The van der Waals surface area contributed by atoms with Gasteiger partial charge in [-0.25, -0.2) is 0 Å². The van der Waals surface area contributed by atoms with Gasteiger partial charge in [-0.3, -0.25) is 0 Å². The van der Waals surface area contributed by atoms with Gasteiger partial charge in [0.05, 0.1) is 5.60 Å². The lowest BCUT2D eigenvalue weighted by Gasteiger charge is -2.41. The van der Waals surface area contributed by atoms with Gasteiger partial charge in [-0.1, -0.05) is 27.7 Å². The van der Waals surface area contributed by atoms with Crippen LogP contribution in [-0.2, 0) is 4.74 Å². The molecule has 0 atom stereocenters. The highest BCUT2D eigenvalue weighted by Crippen LogP contribution is 2.38. The van der Waals surface area contributed by atoms with Crippen molar-refractivity contribution in [2.75, 3.05) is 20.2 Å². The number of hydrogen-bond donors (Lipinski definition) is 1. The third kappa shape index (κ3) is 4.59. The minimum Gasteiger partial charge on any atom is -0.373 e. The predicted molar refractivity (Wildman–Crippen MR) is 74.2 cm³/mol. The van der Waals surface area contributed by atoms with Crippen LogP contribution in [-0.4, -0.2) is 25.8 Å². The number of nitrogens with one attached hydrogen (secondary N) is 1. The van der Waals surface area contributed by atoms with E-state index in [1.54, 1.807) is 0 Å². The van der Waals surface area contributed by atoms with Gasteiger partial charge < -0.3 is 10.1 Å². The molecule has 1 aliphatic rings. The van der Waals surface area contributed by atoms with Crippen molar-refractivity contribution >= 4 is 0 Å². The van der Waals surface area contributed by atoms with E-state index < -0.39 is 0 Å². The molecule has 17 heavy (non-hydrogen) atoms. The summed E-state index contributed by atoms with van der Waals surface area (Å²) in [7, 11) is 2.04. The summed E-state index contributed by atoms with van der Waals surface area (Å²) in [4.78, 5) is 0. The zero-order valence-corrected chi connectivity index (χ0v) is 12.4. The van der Waals surface area contributed by atoms with Crippen LogP contribution in [0.15, 0.2) is 0 Å². The Bertz CT molecular complexity index is 205. The zero-order chi connectivity index (χ0) is 12.9. The molecule has 102 valence electrons. The molecule has 1 saturated carbocycles. The third-order valence-corrected chi connectivity index (χ3v) is 4.11. The molecule has 0 amide bonds. The molecule has 1 aliphatic carbocycles. The second-order valence-corrected chi connectivity index (χ2v) is 6.50. The Morgan fingerprint density at radius 3 is 2.18 bits per heavy atom. The second-order valence-electron chi connectivity index (χ2n) is 6.50.